The van der Waals surface area contributed by atoms with Gasteiger partial charge >= 0.3 is 0 Å². The zero-order valence-electron chi connectivity index (χ0n) is 32.9. The summed E-state index contributed by atoms with van der Waals surface area (Å²) in [6, 6.07) is 85.3. The van der Waals surface area contributed by atoms with Crippen LogP contribution in [0.3, 0.4) is 0 Å². The van der Waals surface area contributed by atoms with Crippen LogP contribution in [0.1, 0.15) is 0 Å². The van der Waals surface area contributed by atoms with Crippen molar-refractivity contribution in [2.24, 2.45) is 0 Å². The van der Waals surface area contributed by atoms with Crippen LogP contribution in [0.5, 0.6) is 0 Å². The Labute approximate surface area is 349 Å². The van der Waals surface area contributed by atoms with Crippen LogP contribution in [0.15, 0.2) is 231 Å². The molecule has 0 aliphatic carbocycles. The third kappa shape index (κ3) is 5.76. The van der Waals surface area contributed by atoms with Gasteiger partial charge in [-0.15, -0.1) is 0 Å². The highest BCUT2D eigenvalue weighted by Crippen LogP contribution is 2.46. The Morgan fingerprint density at radius 2 is 0.550 bits per heavy atom. The van der Waals surface area contributed by atoms with Gasteiger partial charge in [0.05, 0.1) is 0 Å². The van der Waals surface area contributed by atoms with Crippen LogP contribution in [0.2, 0.25) is 0 Å². The maximum atomic E-state index is 2.44. The average Bonchev–Trinajstić information content (AvgIpc) is 3.32. The van der Waals surface area contributed by atoms with Gasteiger partial charge in [-0.2, -0.15) is 0 Å². The van der Waals surface area contributed by atoms with E-state index in [9.17, 15) is 0 Å². The molecule has 0 saturated heterocycles. The van der Waals surface area contributed by atoms with Crippen molar-refractivity contribution in [3.05, 3.63) is 231 Å². The van der Waals surface area contributed by atoms with E-state index in [1.165, 1.54) is 120 Å². The predicted octanol–water partition coefficient (Wildman–Crippen LogP) is 16.9. The molecule has 0 saturated carbocycles. The van der Waals surface area contributed by atoms with Crippen LogP contribution in [0, 0.1) is 0 Å². The van der Waals surface area contributed by atoms with E-state index in [4.69, 9.17) is 0 Å². The van der Waals surface area contributed by atoms with Crippen molar-refractivity contribution >= 4 is 64.6 Å². The van der Waals surface area contributed by atoms with Gasteiger partial charge in [0.15, 0.2) is 0 Å². The SMILES string of the molecule is c1cc(-c2ccc3cc(-c4cccc5ccccc45)ccc3c2)cc(-c2ccc3c(-c4ccc5ccccc5c4)c4ccccc4c(-c4ccc5ccccc5c4)c3c2)c1. The molecular weight excluding hydrogens is 721 g/mol. The van der Waals surface area contributed by atoms with Gasteiger partial charge in [0.1, 0.15) is 0 Å². The zero-order chi connectivity index (χ0) is 39.6. The zero-order valence-corrected chi connectivity index (χ0v) is 32.9. The van der Waals surface area contributed by atoms with E-state index < -0.39 is 0 Å². The van der Waals surface area contributed by atoms with Gasteiger partial charge in [-0.25, -0.2) is 0 Å². The van der Waals surface area contributed by atoms with Crippen molar-refractivity contribution in [2.45, 2.75) is 0 Å². The van der Waals surface area contributed by atoms with Gasteiger partial charge in [-0.1, -0.05) is 194 Å². The van der Waals surface area contributed by atoms with Gasteiger partial charge in [0, 0.05) is 0 Å². The molecule has 0 aliphatic rings. The maximum absolute atomic E-state index is 2.44. The van der Waals surface area contributed by atoms with Gasteiger partial charge in [0.25, 0.3) is 0 Å². The standard InChI is InChI=1S/C60H38/c1-3-14-42-36-51(29-23-39(42)11-1)59-55-20-7-8-21-56(55)60(52-30-24-40-12-2-4-15-43(40)37-52)58-38-49(31-32-57(58)59)45-18-9-17-44(33-45)46-25-26-48-35-50(28-27-47(48)34-46)54-22-10-16-41-13-5-6-19-53(41)54/h1-38H. The minimum Gasteiger partial charge on any atom is -0.0616 e. The summed E-state index contributed by atoms with van der Waals surface area (Å²) in [6.07, 6.45) is 0. The van der Waals surface area contributed by atoms with Crippen LogP contribution >= 0.6 is 0 Å². The molecule has 0 atom stereocenters. The monoisotopic (exact) mass is 758 g/mol. The minimum atomic E-state index is 1.20. The highest BCUT2D eigenvalue weighted by Gasteiger charge is 2.18. The van der Waals surface area contributed by atoms with Crippen molar-refractivity contribution in [2.75, 3.05) is 0 Å². The first-order chi connectivity index (χ1) is 29.7. The summed E-state index contributed by atoms with van der Waals surface area (Å²) in [5.74, 6) is 0. The third-order valence-corrected chi connectivity index (χ3v) is 12.6. The van der Waals surface area contributed by atoms with E-state index >= 15 is 0 Å². The molecule has 278 valence electrons. The normalized spacial score (nSPS) is 11.7. The van der Waals surface area contributed by atoms with Crippen molar-refractivity contribution < 1.29 is 0 Å². The highest BCUT2D eigenvalue weighted by molar-refractivity contribution is 6.22. The number of hydrogen-bond donors (Lipinski definition) is 0. The molecule has 0 amide bonds. The van der Waals surface area contributed by atoms with Gasteiger partial charge in [-0.3, -0.25) is 0 Å². The van der Waals surface area contributed by atoms with E-state index in [0.29, 0.717) is 0 Å². The summed E-state index contributed by atoms with van der Waals surface area (Å²) >= 11 is 0. The molecule has 12 aromatic carbocycles. The Balaban J connectivity index is 1.01. The summed E-state index contributed by atoms with van der Waals surface area (Å²) in [4.78, 5) is 0. The van der Waals surface area contributed by atoms with Crippen LogP contribution in [-0.2, 0) is 0 Å². The van der Waals surface area contributed by atoms with Crippen molar-refractivity contribution in [1.82, 2.24) is 0 Å². The Morgan fingerprint density at radius 3 is 1.22 bits per heavy atom. The van der Waals surface area contributed by atoms with E-state index in [1.807, 2.05) is 0 Å². The fourth-order valence-electron chi connectivity index (χ4n) is 9.62. The molecule has 12 rings (SSSR count). The maximum Gasteiger partial charge on any atom is -0.00259 e. The largest absolute Gasteiger partial charge is 0.0616 e. The molecule has 0 fully saturated rings. The number of benzene rings is 12. The molecule has 60 heavy (non-hydrogen) atoms. The molecule has 0 N–H and O–H groups in total. The van der Waals surface area contributed by atoms with Crippen LogP contribution in [0.4, 0.5) is 0 Å². The second-order valence-electron chi connectivity index (χ2n) is 16.1. The topological polar surface area (TPSA) is 0 Å². The molecule has 0 heterocycles. The lowest BCUT2D eigenvalue weighted by molar-refractivity contribution is 1.61. The summed E-state index contributed by atoms with van der Waals surface area (Å²) in [5, 5.41) is 15.0. The van der Waals surface area contributed by atoms with Crippen LogP contribution in [-0.4, -0.2) is 0 Å². The first kappa shape index (κ1) is 34.3. The molecule has 0 nitrogen and oxygen atoms in total. The van der Waals surface area contributed by atoms with E-state index in [0.717, 1.165) is 0 Å². The Bertz CT molecular complexity index is 3660. The molecule has 0 unspecified atom stereocenters. The quantitative estimate of drug-likeness (QED) is 0.153. The van der Waals surface area contributed by atoms with Gasteiger partial charge in [0.2, 0.25) is 0 Å². The fourth-order valence-corrected chi connectivity index (χ4v) is 9.62. The average molecular weight is 759 g/mol. The van der Waals surface area contributed by atoms with E-state index in [1.54, 1.807) is 0 Å². The van der Waals surface area contributed by atoms with Crippen molar-refractivity contribution in [1.29, 1.82) is 0 Å². The number of hydrogen-bond acceptors (Lipinski definition) is 0. The second kappa shape index (κ2) is 13.9. The molecule has 0 aliphatic heterocycles. The van der Waals surface area contributed by atoms with Crippen molar-refractivity contribution in [3.63, 3.8) is 0 Å². The molecular formula is C60H38. The van der Waals surface area contributed by atoms with Gasteiger partial charge in [-0.05, 0) is 157 Å². The summed E-state index contributed by atoms with van der Waals surface area (Å²) in [7, 11) is 0. The molecule has 0 radical (unpaired) electrons. The lowest BCUT2D eigenvalue weighted by Gasteiger charge is -2.19. The second-order valence-corrected chi connectivity index (χ2v) is 16.1. The molecule has 0 spiro atoms. The molecule has 0 bridgehead atoms. The van der Waals surface area contributed by atoms with Gasteiger partial charge < -0.3 is 0 Å². The molecule has 0 aromatic heterocycles. The lowest BCUT2D eigenvalue weighted by atomic mass is 9.84. The predicted molar refractivity (Wildman–Crippen MR) is 259 cm³/mol. The number of rotatable bonds is 5. The summed E-state index contributed by atoms with van der Waals surface area (Å²) in [6.45, 7) is 0. The smallest absolute Gasteiger partial charge is 0.00259 e. The highest BCUT2D eigenvalue weighted by atomic mass is 14.2. The molecule has 0 heteroatoms. The summed E-state index contributed by atoms with van der Waals surface area (Å²) in [5.41, 5.74) is 12.3. The van der Waals surface area contributed by atoms with E-state index in [-0.39, 0.29) is 0 Å². The minimum absolute atomic E-state index is 1.20. The van der Waals surface area contributed by atoms with Crippen molar-refractivity contribution in [3.8, 4) is 55.6 Å². The lowest BCUT2D eigenvalue weighted by Crippen LogP contribution is -1.92. The molecule has 12 aromatic rings. The number of fused-ring (bicyclic) bond motifs is 6. The van der Waals surface area contributed by atoms with E-state index in [2.05, 4.69) is 231 Å². The third-order valence-electron chi connectivity index (χ3n) is 12.6. The first-order valence-electron chi connectivity index (χ1n) is 20.8. The fraction of sp³-hybridized carbons (Fsp3) is 0. The van der Waals surface area contributed by atoms with Crippen LogP contribution in [0.25, 0.3) is 120 Å². The Kier molecular flexibility index (Phi) is 7.96. The first-order valence-corrected chi connectivity index (χ1v) is 20.8. The summed E-state index contributed by atoms with van der Waals surface area (Å²) < 4.78 is 0. The Hall–Kier alpha value is -7.80. The van der Waals surface area contributed by atoms with Crippen LogP contribution < -0.4 is 0 Å². The Morgan fingerprint density at radius 1 is 0.167 bits per heavy atom.